The molecule has 2 nitrogen and oxygen atoms in total. The van der Waals surface area contributed by atoms with Gasteiger partial charge in [-0.1, -0.05) is 65.3 Å². The van der Waals surface area contributed by atoms with Crippen molar-refractivity contribution >= 4 is 5.69 Å². The molecule has 0 atom stereocenters. The van der Waals surface area contributed by atoms with Crippen LogP contribution in [-0.4, -0.2) is 12.0 Å². The number of hydrogen-bond donors (Lipinski definition) is 0. The van der Waals surface area contributed by atoms with Crippen LogP contribution >= 0.6 is 0 Å². The van der Waals surface area contributed by atoms with Gasteiger partial charge in [0.25, 0.3) is 0 Å². The molecule has 0 amide bonds. The summed E-state index contributed by atoms with van der Waals surface area (Å²) >= 11 is 0. The maximum absolute atomic E-state index is 4.43. The van der Waals surface area contributed by atoms with Crippen LogP contribution in [0.5, 0.6) is 0 Å². The second-order valence-corrected chi connectivity index (χ2v) is 7.33. The van der Waals surface area contributed by atoms with E-state index in [1.807, 2.05) is 38.2 Å². The number of allylic oxidation sites excluding steroid dienone is 4. The van der Waals surface area contributed by atoms with Gasteiger partial charge >= 0.3 is 0 Å². The Morgan fingerprint density at radius 3 is 2.17 bits per heavy atom. The average Bonchev–Trinajstić information content (AvgIpc) is 2.69. The SMILES string of the molecule is CC.CC/C(=C\C=C(/C)C(C)(C)C)N(C)c1[c-]c(-c2ccccn2)ccc1.[CH3-].[CH3-].[Pt]. The summed E-state index contributed by atoms with van der Waals surface area (Å²) in [6.07, 6.45) is 7.24. The standard InChI is InChI=1S/C23H29N2.C2H6.2CH3.Pt/c1-7-20(15-14-18(2)23(3,4)5)25(6)21-12-10-11-19(17-21)22-13-8-9-16-24-22;1-2;;;/h8-16H,7H2,1-6H3;1-2H3;2*1H3;/q-1;;2*-1;/b18-14+,20-15+;;;;. The molecule has 30 heavy (non-hydrogen) atoms. The van der Waals surface area contributed by atoms with E-state index in [4.69, 9.17) is 0 Å². The summed E-state index contributed by atoms with van der Waals surface area (Å²) in [4.78, 5) is 6.63. The summed E-state index contributed by atoms with van der Waals surface area (Å²) in [7, 11) is 2.10. The molecule has 0 fully saturated rings. The van der Waals surface area contributed by atoms with Crippen LogP contribution < -0.4 is 4.90 Å². The van der Waals surface area contributed by atoms with E-state index in [1.54, 1.807) is 0 Å². The van der Waals surface area contributed by atoms with Crippen LogP contribution in [0, 0.1) is 26.3 Å². The van der Waals surface area contributed by atoms with E-state index in [2.05, 4.69) is 88.0 Å². The summed E-state index contributed by atoms with van der Waals surface area (Å²) in [5.41, 5.74) is 5.85. The summed E-state index contributed by atoms with van der Waals surface area (Å²) in [6, 6.07) is 15.7. The molecule has 0 bridgehead atoms. The Balaban J connectivity index is -0.00000141. The van der Waals surface area contributed by atoms with Crippen molar-refractivity contribution in [3.05, 3.63) is 86.9 Å². The molecule has 0 radical (unpaired) electrons. The summed E-state index contributed by atoms with van der Waals surface area (Å²) < 4.78 is 0. The fourth-order valence-corrected chi connectivity index (χ4v) is 2.42. The van der Waals surface area contributed by atoms with Gasteiger partial charge in [0.05, 0.1) is 0 Å². The fourth-order valence-electron chi connectivity index (χ4n) is 2.42. The molecule has 0 saturated heterocycles. The minimum absolute atomic E-state index is 0. The Morgan fingerprint density at radius 2 is 1.67 bits per heavy atom. The van der Waals surface area contributed by atoms with Gasteiger partial charge in [0, 0.05) is 40.0 Å². The quantitative estimate of drug-likeness (QED) is 0.259. The van der Waals surface area contributed by atoms with E-state index >= 15 is 0 Å². The molecule has 0 spiro atoms. The van der Waals surface area contributed by atoms with Gasteiger partial charge < -0.3 is 24.7 Å². The Hall–Kier alpha value is -1.66. The van der Waals surface area contributed by atoms with Crippen LogP contribution in [0.2, 0.25) is 0 Å². The number of aromatic nitrogens is 1. The summed E-state index contributed by atoms with van der Waals surface area (Å²) in [5.74, 6) is 0. The number of pyridine rings is 1. The zero-order valence-electron chi connectivity index (χ0n) is 20.6. The Kier molecular flexibility index (Phi) is 17.7. The molecule has 172 valence electrons. The van der Waals surface area contributed by atoms with Crippen LogP contribution in [0.15, 0.2) is 66.0 Å². The topological polar surface area (TPSA) is 16.1 Å². The number of nitrogens with zero attached hydrogens (tertiary/aromatic N) is 2. The molecule has 0 aliphatic heterocycles. The van der Waals surface area contributed by atoms with Gasteiger partial charge in [-0.25, -0.2) is 0 Å². The summed E-state index contributed by atoms with van der Waals surface area (Å²) in [6.45, 7) is 15.1. The molecule has 1 aromatic carbocycles. The maximum atomic E-state index is 4.43. The third kappa shape index (κ3) is 9.90. The Bertz CT molecular complexity index is 756. The predicted octanol–water partition coefficient (Wildman–Crippen LogP) is 8.20. The van der Waals surface area contributed by atoms with Crippen molar-refractivity contribution in [2.24, 2.45) is 5.41 Å². The van der Waals surface area contributed by atoms with Crippen molar-refractivity contribution in [3.8, 4) is 11.3 Å². The van der Waals surface area contributed by atoms with E-state index in [1.165, 1.54) is 11.3 Å². The largest absolute Gasteiger partial charge is 0.365 e. The van der Waals surface area contributed by atoms with Crippen molar-refractivity contribution < 1.29 is 21.1 Å². The molecule has 3 heteroatoms. The minimum atomic E-state index is 0. The van der Waals surface area contributed by atoms with Gasteiger partial charge in [-0.05, 0) is 42.3 Å². The van der Waals surface area contributed by atoms with Crippen LogP contribution in [-0.2, 0) is 21.1 Å². The number of rotatable bonds is 5. The molecule has 0 unspecified atom stereocenters. The van der Waals surface area contributed by atoms with Gasteiger partial charge in [0.2, 0.25) is 0 Å². The van der Waals surface area contributed by atoms with Crippen molar-refractivity contribution in [1.29, 1.82) is 0 Å². The van der Waals surface area contributed by atoms with Gasteiger partial charge in [0.15, 0.2) is 0 Å². The van der Waals surface area contributed by atoms with Gasteiger partial charge in [-0.15, -0.1) is 29.8 Å². The second kappa shape index (κ2) is 16.1. The average molecular weight is 589 g/mol. The molecule has 1 heterocycles. The monoisotopic (exact) mass is 588 g/mol. The molecule has 0 aliphatic carbocycles. The predicted molar refractivity (Wildman–Crippen MR) is 133 cm³/mol. The zero-order chi connectivity index (χ0) is 20.4. The normalized spacial score (nSPS) is 11.1. The van der Waals surface area contributed by atoms with E-state index < -0.39 is 0 Å². The molecule has 0 saturated carbocycles. The van der Waals surface area contributed by atoms with Gasteiger partial charge in [-0.3, -0.25) is 0 Å². The molecule has 0 N–H and O–H groups in total. The van der Waals surface area contributed by atoms with Crippen molar-refractivity contribution in [2.75, 3.05) is 11.9 Å². The smallest absolute Gasteiger partial charge is 0.0160 e. The maximum Gasteiger partial charge on any atom is 0.0160 e. The first-order valence-electron chi connectivity index (χ1n) is 9.88. The van der Waals surface area contributed by atoms with E-state index in [0.717, 1.165) is 23.4 Å². The van der Waals surface area contributed by atoms with Crippen LogP contribution in [0.4, 0.5) is 5.69 Å². The van der Waals surface area contributed by atoms with Gasteiger partial charge in [0.1, 0.15) is 0 Å². The molecular weight excluding hydrogens is 547 g/mol. The Labute approximate surface area is 201 Å². The first-order valence-corrected chi connectivity index (χ1v) is 9.88. The first-order chi connectivity index (χ1) is 12.8. The number of hydrogen-bond acceptors (Lipinski definition) is 2. The fraction of sp³-hybridized carbons (Fsp3) is 0.370. The number of anilines is 1. The zero-order valence-corrected chi connectivity index (χ0v) is 22.9. The second-order valence-electron chi connectivity index (χ2n) is 7.33. The van der Waals surface area contributed by atoms with Crippen molar-refractivity contribution in [1.82, 2.24) is 4.98 Å². The minimum Gasteiger partial charge on any atom is -0.365 e. The third-order valence-electron chi connectivity index (χ3n) is 4.58. The molecule has 2 rings (SSSR count). The van der Waals surface area contributed by atoms with E-state index in [-0.39, 0.29) is 41.3 Å². The van der Waals surface area contributed by atoms with Crippen molar-refractivity contribution in [3.63, 3.8) is 0 Å². The first kappa shape index (κ1) is 33.0. The van der Waals surface area contributed by atoms with E-state index in [9.17, 15) is 0 Å². The molecule has 0 aliphatic rings. The van der Waals surface area contributed by atoms with Crippen molar-refractivity contribution in [2.45, 2.75) is 54.9 Å². The van der Waals surface area contributed by atoms with Crippen LogP contribution in [0.25, 0.3) is 11.3 Å². The van der Waals surface area contributed by atoms with Crippen LogP contribution in [0.3, 0.4) is 0 Å². The van der Waals surface area contributed by atoms with Crippen LogP contribution in [0.1, 0.15) is 54.9 Å². The molecule has 2 aromatic rings. The van der Waals surface area contributed by atoms with Gasteiger partial charge in [-0.2, -0.15) is 0 Å². The number of benzene rings is 1. The Morgan fingerprint density at radius 1 is 1.03 bits per heavy atom. The third-order valence-corrected chi connectivity index (χ3v) is 4.58. The molecule has 1 aromatic heterocycles. The summed E-state index contributed by atoms with van der Waals surface area (Å²) in [5, 5.41) is 0. The van der Waals surface area contributed by atoms with E-state index in [0.29, 0.717) is 0 Å². The molecular formula is C27H41N2Pt-3.